The number of anilines is 1. The summed E-state index contributed by atoms with van der Waals surface area (Å²) < 4.78 is 18.7. The van der Waals surface area contributed by atoms with Crippen LogP contribution in [0.3, 0.4) is 0 Å². The quantitative estimate of drug-likeness (QED) is 0.661. The van der Waals surface area contributed by atoms with Gasteiger partial charge in [-0.3, -0.25) is 10.1 Å². The Hall–Kier alpha value is -2.84. The first kappa shape index (κ1) is 18.0. The molecule has 8 heteroatoms. The maximum Gasteiger partial charge on any atom is 0.257 e. The van der Waals surface area contributed by atoms with Crippen LogP contribution in [0.4, 0.5) is 9.52 Å². The number of nitrogens with one attached hydrogen (secondary N) is 2. The van der Waals surface area contributed by atoms with Crippen LogP contribution in [0.1, 0.15) is 10.4 Å². The Kier molecular flexibility index (Phi) is 5.55. The first-order chi connectivity index (χ1) is 12.6. The van der Waals surface area contributed by atoms with Gasteiger partial charge in [-0.25, -0.2) is 9.37 Å². The molecule has 0 aliphatic heterocycles. The van der Waals surface area contributed by atoms with Gasteiger partial charge >= 0.3 is 0 Å². The molecule has 1 heterocycles. The minimum absolute atomic E-state index is 0.140. The Morgan fingerprint density at radius 1 is 1.23 bits per heavy atom. The number of aromatic nitrogens is 1. The maximum atomic E-state index is 13.8. The van der Waals surface area contributed by atoms with E-state index in [1.54, 1.807) is 41.8 Å². The van der Waals surface area contributed by atoms with Crippen molar-refractivity contribution in [3.05, 3.63) is 65.3 Å². The second kappa shape index (κ2) is 8.03. The van der Waals surface area contributed by atoms with Gasteiger partial charge < -0.3 is 10.1 Å². The highest BCUT2D eigenvalue weighted by Gasteiger charge is 2.11. The molecule has 0 spiro atoms. The van der Waals surface area contributed by atoms with Gasteiger partial charge in [0.1, 0.15) is 0 Å². The molecule has 1 aromatic heterocycles. The Labute approximate surface area is 158 Å². The van der Waals surface area contributed by atoms with Crippen LogP contribution in [0.15, 0.2) is 53.9 Å². The standard InChI is InChI=1S/C18H14FN3O2S2/c1-24-15-8-7-12(9-13(15)19)14-10-26-18(20-14)22-17(25)21-16(23)11-5-3-2-4-6-11/h2-10H,1H3,(H2,20,21,22,23,25). The number of methoxy groups -OCH3 is 1. The van der Waals surface area contributed by atoms with Crippen LogP contribution in [0.2, 0.25) is 0 Å². The zero-order chi connectivity index (χ0) is 18.5. The average molecular weight is 387 g/mol. The molecule has 132 valence electrons. The highest BCUT2D eigenvalue weighted by Crippen LogP contribution is 2.28. The normalized spacial score (nSPS) is 10.2. The van der Waals surface area contributed by atoms with Crippen molar-refractivity contribution >= 4 is 39.7 Å². The van der Waals surface area contributed by atoms with E-state index >= 15 is 0 Å². The van der Waals surface area contributed by atoms with Crippen LogP contribution in [0, 0.1) is 5.82 Å². The molecular formula is C18H14FN3O2S2. The molecule has 2 aromatic carbocycles. The molecule has 0 bridgehead atoms. The fourth-order valence-corrected chi connectivity index (χ4v) is 3.16. The van der Waals surface area contributed by atoms with Gasteiger partial charge in [-0.05, 0) is 42.5 Å². The van der Waals surface area contributed by atoms with Gasteiger partial charge in [-0.2, -0.15) is 0 Å². The van der Waals surface area contributed by atoms with Crippen molar-refractivity contribution in [3.63, 3.8) is 0 Å². The molecule has 0 fully saturated rings. The molecule has 0 saturated heterocycles. The third-order valence-corrected chi connectivity index (χ3v) is 4.40. The van der Waals surface area contributed by atoms with E-state index in [9.17, 15) is 9.18 Å². The lowest BCUT2D eigenvalue weighted by Gasteiger charge is -2.07. The van der Waals surface area contributed by atoms with Crippen molar-refractivity contribution in [2.75, 3.05) is 12.4 Å². The van der Waals surface area contributed by atoms with E-state index < -0.39 is 5.82 Å². The third kappa shape index (κ3) is 4.22. The molecule has 0 saturated carbocycles. The number of rotatable bonds is 4. The monoisotopic (exact) mass is 387 g/mol. The van der Waals surface area contributed by atoms with E-state index in [-0.39, 0.29) is 16.8 Å². The van der Waals surface area contributed by atoms with Crippen LogP contribution in [0.5, 0.6) is 5.75 Å². The summed E-state index contributed by atoms with van der Waals surface area (Å²) in [6, 6.07) is 13.4. The molecular weight excluding hydrogens is 373 g/mol. The van der Waals surface area contributed by atoms with Crippen molar-refractivity contribution in [1.29, 1.82) is 0 Å². The molecule has 0 atom stereocenters. The Balaban J connectivity index is 1.65. The Morgan fingerprint density at radius 3 is 2.69 bits per heavy atom. The fraction of sp³-hybridized carbons (Fsp3) is 0.0556. The van der Waals surface area contributed by atoms with E-state index in [4.69, 9.17) is 17.0 Å². The number of thiazole rings is 1. The zero-order valence-electron chi connectivity index (χ0n) is 13.7. The summed E-state index contributed by atoms with van der Waals surface area (Å²) in [5, 5.41) is 7.85. The second-order valence-corrected chi connectivity index (χ2v) is 6.43. The number of carbonyl (C=O) groups is 1. The summed E-state index contributed by atoms with van der Waals surface area (Å²) in [5.74, 6) is -0.595. The summed E-state index contributed by atoms with van der Waals surface area (Å²) in [5.41, 5.74) is 1.72. The molecule has 26 heavy (non-hydrogen) atoms. The molecule has 5 nitrogen and oxygen atoms in total. The van der Waals surface area contributed by atoms with Gasteiger partial charge in [0.05, 0.1) is 12.8 Å². The highest BCUT2D eigenvalue weighted by atomic mass is 32.1. The smallest absolute Gasteiger partial charge is 0.257 e. The highest BCUT2D eigenvalue weighted by molar-refractivity contribution is 7.80. The molecule has 0 aliphatic rings. The third-order valence-electron chi connectivity index (χ3n) is 3.44. The second-order valence-electron chi connectivity index (χ2n) is 5.16. The number of benzene rings is 2. The van der Waals surface area contributed by atoms with E-state index in [0.29, 0.717) is 22.0 Å². The minimum Gasteiger partial charge on any atom is -0.494 e. The van der Waals surface area contributed by atoms with Crippen LogP contribution in [0.25, 0.3) is 11.3 Å². The van der Waals surface area contributed by atoms with Crippen molar-refractivity contribution in [2.45, 2.75) is 0 Å². The predicted molar refractivity (Wildman–Crippen MR) is 104 cm³/mol. The van der Waals surface area contributed by atoms with Gasteiger partial charge in [0.2, 0.25) is 0 Å². The average Bonchev–Trinajstić information content (AvgIpc) is 3.10. The van der Waals surface area contributed by atoms with Gasteiger partial charge in [0, 0.05) is 16.5 Å². The Bertz CT molecular complexity index is 945. The zero-order valence-corrected chi connectivity index (χ0v) is 15.3. The van der Waals surface area contributed by atoms with E-state index in [1.807, 2.05) is 6.07 Å². The van der Waals surface area contributed by atoms with Gasteiger partial charge in [-0.1, -0.05) is 18.2 Å². The number of nitrogens with zero attached hydrogens (tertiary/aromatic N) is 1. The van der Waals surface area contributed by atoms with Crippen molar-refractivity contribution < 1.29 is 13.9 Å². The topological polar surface area (TPSA) is 63.2 Å². The van der Waals surface area contributed by atoms with E-state index in [2.05, 4.69) is 15.6 Å². The lowest BCUT2D eigenvalue weighted by Crippen LogP contribution is -2.34. The van der Waals surface area contributed by atoms with Crippen LogP contribution < -0.4 is 15.4 Å². The number of halogens is 1. The fourth-order valence-electron chi connectivity index (χ4n) is 2.18. The van der Waals surface area contributed by atoms with Crippen LogP contribution in [-0.4, -0.2) is 23.1 Å². The number of hydrogen-bond acceptors (Lipinski definition) is 5. The molecule has 3 aromatic rings. The Morgan fingerprint density at radius 2 is 2.00 bits per heavy atom. The van der Waals surface area contributed by atoms with Crippen LogP contribution in [-0.2, 0) is 0 Å². The summed E-state index contributed by atoms with van der Waals surface area (Å²) in [6.45, 7) is 0. The van der Waals surface area contributed by atoms with Crippen molar-refractivity contribution in [3.8, 4) is 17.0 Å². The summed E-state index contributed by atoms with van der Waals surface area (Å²) in [6.07, 6.45) is 0. The number of carbonyl (C=O) groups excluding carboxylic acids is 1. The molecule has 3 rings (SSSR count). The summed E-state index contributed by atoms with van der Waals surface area (Å²) in [7, 11) is 1.41. The van der Waals surface area contributed by atoms with Crippen LogP contribution >= 0.6 is 23.6 Å². The summed E-state index contributed by atoms with van der Waals surface area (Å²) in [4.78, 5) is 16.4. The SMILES string of the molecule is COc1ccc(-c2csc(NC(=S)NC(=O)c3ccccc3)n2)cc1F. The first-order valence-electron chi connectivity index (χ1n) is 7.53. The van der Waals surface area contributed by atoms with Crippen molar-refractivity contribution in [1.82, 2.24) is 10.3 Å². The number of ether oxygens (including phenoxy) is 1. The molecule has 1 amide bonds. The lowest BCUT2D eigenvalue weighted by molar-refractivity contribution is 0.0977. The van der Waals surface area contributed by atoms with Gasteiger partial charge in [0.15, 0.2) is 21.8 Å². The molecule has 0 aliphatic carbocycles. The number of amides is 1. The van der Waals surface area contributed by atoms with Gasteiger partial charge in [0.25, 0.3) is 5.91 Å². The predicted octanol–water partition coefficient (Wildman–Crippen LogP) is 4.08. The van der Waals surface area contributed by atoms with Gasteiger partial charge in [-0.15, -0.1) is 11.3 Å². The molecule has 2 N–H and O–H groups in total. The summed E-state index contributed by atoms with van der Waals surface area (Å²) >= 11 is 6.44. The molecule has 0 radical (unpaired) electrons. The van der Waals surface area contributed by atoms with E-state index in [1.165, 1.54) is 24.5 Å². The number of hydrogen-bond donors (Lipinski definition) is 2. The van der Waals surface area contributed by atoms with Crippen molar-refractivity contribution in [2.24, 2.45) is 0 Å². The molecule has 0 unspecified atom stereocenters. The van der Waals surface area contributed by atoms with E-state index in [0.717, 1.165) is 0 Å². The lowest BCUT2D eigenvalue weighted by atomic mass is 10.1. The first-order valence-corrected chi connectivity index (χ1v) is 8.82. The number of thiocarbonyl (C=S) groups is 1. The maximum absolute atomic E-state index is 13.8. The minimum atomic E-state index is -0.460. The largest absolute Gasteiger partial charge is 0.494 e.